The van der Waals surface area contributed by atoms with Crippen molar-refractivity contribution in [2.75, 3.05) is 6.54 Å². The van der Waals surface area contributed by atoms with Crippen LogP contribution in [0.1, 0.15) is 37.8 Å². The van der Waals surface area contributed by atoms with Gasteiger partial charge in [0.15, 0.2) is 0 Å². The van der Waals surface area contributed by atoms with Crippen molar-refractivity contribution >= 4 is 0 Å². The van der Waals surface area contributed by atoms with Crippen molar-refractivity contribution < 1.29 is 0 Å². The highest BCUT2D eigenvalue weighted by Crippen LogP contribution is 2.37. The van der Waals surface area contributed by atoms with Crippen molar-refractivity contribution in [1.82, 2.24) is 15.1 Å². The van der Waals surface area contributed by atoms with Crippen LogP contribution in [0.15, 0.2) is 12.4 Å². The van der Waals surface area contributed by atoms with E-state index in [1.54, 1.807) is 0 Å². The van der Waals surface area contributed by atoms with Crippen LogP contribution in [0.4, 0.5) is 0 Å². The highest BCUT2D eigenvalue weighted by Gasteiger charge is 2.28. The van der Waals surface area contributed by atoms with Crippen LogP contribution in [0.25, 0.3) is 0 Å². The van der Waals surface area contributed by atoms with Gasteiger partial charge >= 0.3 is 0 Å². The molecule has 14 heavy (non-hydrogen) atoms. The molecule has 0 radical (unpaired) electrons. The molecule has 3 heteroatoms. The zero-order valence-corrected chi connectivity index (χ0v) is 9.03. The van der Waals surface area contributed by atoms with E-state index < -0.39 is 0 Å². The largest absolute Gasteiger partial charge is 0.310 e. The molecule has 1 heterocycles. The lowest BCUT2D eigenvalue weighted by Crippen LogP contribution is -2.31. The van der Waals surface area contributed by atoms with Crippen molar-refractivity contribution in [1.29, 1.82) is 0 Å². The summed E-state index contributed by atoms with van der Waals surface area (Å²) in [6, 6.07) is 0.530. The second kappa shape index (κ2) is 4.13. The quantitative estimate of drug-likeness (QED) is 0.791. The molecule has 0 spiro atoms. The first-order chi connectivity index (χ1) is 6.81. The third kappa shape index (κ3) is 1.82. The second-order valence-corrected chi connectivity index (χ2v) is 4.17. The van der Waals surface area contributed by atoms with Gasteiger partial charge in [0.05, 0.1) is 6.20 Å². The Kier molecular flexibility index (Phi) is 2.87. The zero-order valence-electron chi connectivity index (χ0n) is 9.03. The summed E-state index contributed by atoms with van der Waals surface area (Å²) in [5.74, 6) is 0.833. The maximum atomic E-state index is 4.24. The van der Waals surface area contributed by atoms with E-state index in [9.17, 15) is 0 Å². The number of aryl methyl sites for hydroxylation is 1. The molecule has 1 saturated carbocycles. The van der Waals surface area contributed by atoms with Crippen LogP contribution in [-0.4, -0.2) is 16.3 Å². The summed E-state index contributed by atoms with van der Waals surface area (Å²) in [7, 11) is 1.98. The molecule has 1 aliphatic rings. The monoisotopic (exact) mass is 193 g/mol. The first kappa shape index (κ1) is 9.71. The van der Waals surface area contributed by atoms with Crippen molar-refractivity contribution in [2.24, 2.45) is 13.0 Å². The van der Waals surface area contributed by atoms with Gasteiger partial charge in [0, 0.05) is 24.8 Å². The maximum absolute atomic E-state index is 4.24. The lowest BCUT2D eigenvalue weighted by Gasteiger charge is -2.33. The highest BCUT2D eigenvalue weighted by molar-refractivity contribution is 5.12. The molecule has 0 amide bonds. The number of hydrogen-bond donors (Lipinski definition) is 1. The van der Waals surface area contributed by atoms with E-state index >= 15 is 0 Å². The standard InChI is InChI=1S/C11H19N3/c1-3-12-11(9-5-4-6-9)10-7-13-14(2)8-10/h7-9,11-12H,3-6H2,1-2H3. The summed E-state index contributed by atoms with van der Waals surface area (Å²) in [5, 5.41) is 7.80. The molecule has 1 unspecified atom stereocenters. The number of aromatic nitrogens is 2. The van der Waals surface area contributed by atoms with Gasteiger partial charge in [-0.05, 0) is 25.3 Å². The van der Waals surface area contributed by atoms with Crippen LogP contribution in [-0.2, 0) is 7.05 Å². The molecule has 0 bridgehead atoms. The van der Waals surface area contributed by atoms with Crippen molar-refractivity contribution in [3.05, 3.63) is 18.0 Å². The minimum Gasteiger partial charge on any atom is -0.310 e. The number of hydrogen-bond acceptors (Lipinski definition) is 2. The van der Waals surface area contributed by atoms with E-state index in [1.807, 2.05) is 17.9 Å². The SMILES string of the molecule is CCNC(c1cnn(C)c1)C1CCC1. The van der Waals surface area contributed by atoms with Crippen LogP contribution < -0.4 is 5.32 Å². The fraction of sp³-hybridized carbons (Fsp3) is 0.727. The van der Waals surface area contributed by atoms with E-state index in [-0.39, 0.29) is 0 Å². The molecule has 2 rings (SSSR count). The molecular weight excluding hydrogens is 174 g/mol. The molecule has 1 N–H and O–H groups in total. The summed E-state index contributed by atoms with van der Waals surface area (Å²) in [5.41, 5.74) is 1.35. The number of rotatable bonds is 4. The predicted octanol–water partition coefficient (Wildman–Crippen LogP) is 1.87. The Morgan fingerprint density at radius 2 is 2.43 bits per heavy atom. The normalized spacial score (nSPS) is 19.3. The molecule has 78 valence electrons. The third-order valence-corrected chi connectivity index (χ3v) is 3.13. The lowest BCUT2D eigenvalue weighted by atomic mass is 9.78. The Labute approximate surface area is 85.5 Å². The van der Waals surface area contributed by atoms with Gasteiger partial charge in [0.25, 0.3) is 0 Å². The fourth-order valence-corrected chi connectivity index (χ4v) is 2.15. The summed E-state index contributed by atoms with van der Waals surface area (Å²) in [4.78, 5) is 0. The molecule has 0 saturated heterocycles. The van der Waals surface area contributed by atoms with E-state index in [2.05, 4.69) is 23.5 Å². The van der Waals surface area contributed by atoms with Gasteiger partial charge in [-0.1, -0.05) is 13.3 Å². The first-order valence-corrected chi connectivity index (χ1v) is 5.53. The Balaban J connectivity index is 2.09. The molecule has 1 fully saturated rings. The fourth-order valence-electron chi connectivity index (χ4n) is 2.15. The van der Waals surface area contributed by atoms with Crippen molar-refractivity contribution in [2.45, 2.75) is 32.2 Å². The average Bonchev–Trinajstić information content (AvgIpc) is 2.48. The van der Waals surface area contributed by atoms with Gasteiger partial charge in [-0.25, -0.2) is 0 Å². The van der Waals surface area contributed by atoms with Crippen LogP contribution in [0.2, 0.25) is 0 Å². The van der Waals surface area contributed by atoms with E-state index in [0.29, 0.717) is 6.04 Å². The van der Waals surface area contributed by atoms with E-state index in [1.165, 1.54) is 24.8 Å². The van der Waals surface area contributed by atoms with Crippen LogP contribution >= 0.6 is 0 Å². The van der Waals surface area contributed by atoms with Gasteiger partial charge in [-0.15, -0.1) is 0 Å². The van der Waals surface area contributed by atoms with Crippen LogP contribution in [0.5, 0.6) is 0 Å². The molecule has 1 aliphatic carbocycles. The van der Waals surface area contributed by atoms with Crippen LogP contribution in [0, 0.1) is 5.92 Å². The van der Waals surface area contributed by atoms with Crippen LogP contribution in [0.3, 0.4) is 0 Å². The molecular formula is C11H19N3. The lowest BCUT2D eigenvalue weighted by molar-refractivity contribution is 0.233. The average molecular weight is 193 g/mol. The zero-order chi connectivity index (χ0) is 9.97. The van der Waals surface area contributed by atoms with Gasteiger partial charge < -0.3 is 5.32 Å². The number of nitrogens with one attached hydrogen (secondary N) is 1. The topological polar surface area (TPSA) is 29.9 Å². The molecule has 1 atom stereocenters. The Bertz CT molecular complexity index is 288. The molecule has 1 aromatic rings. The highest BCUT2D eigenvalue weighted by atomic mass is 15.2. The third-order valence-electron chi connectivity index (χ3n) is 3.13. The van der Waals surface area contributed by atoms with Gasteiger partial charge in [0.2, 0.25) is 0 Å². The minimum absolute atomic E-state index is 0.530. The van der Waals surface area contributed by atoms with E-state index in [4.69, 9.17) is 0 Å². The molecule has 1 aromatic heterocycles. The van der Waals surface area contributed by atoms with Gasteiger partial charge in [0.1, 0.15) is 0 Å². The van der Waals surface area contributed by atoms with Crippen molar-refractivity contribution in [3.8, 4) is 0 Å². The smallest absolute Gasteiger partial charge is 0.0537 e. The second-order valence-electron chi connectivity index (χ2n) is 4.17. The minimum atomic E-state index is 0.530. The molecule has 3 nitrogen and oxygen atoms in total. The first-order valence-electron chi connectivity index (χ1n) is 5.53. The summed E-state index contributed by atoms with van der Waals surface area (Å²) in [6.07, 6.45) is 8.25. The van der Waals surface area contributed by atoms with Crippen molar-refractivity contribution in [3.63, 3.8) is 0 Å². The maximum Gasteiger partial charge on any atom is 0.0537 e. The molecule has 0 aromatic carbocycles. The van der Waals surface area contributed by atoms with E-state index in [0.717, 1.165) is 12.5 Å². The Hall–Kier alpha value is -0.830. The Morgan fingerprint density at radius 3 is 2.86 bits per heavy atom. The summed E-state index contributed by atoms with van der Waals surface area (Å²) >= 11 is 0. The van der Waals surface area contributed by atoms with Gasteiger partial charge in [-0.2, -0.15) is 5.10 Å². The summed E-state index contributed by atoms with van der Waals surface area (Å²) < 4.78 is 1.89. The summed E-state index contributed by atoms with van der Waals surface area (Å²) in [6.45, 7) is 3.21. The van der Waals surface area contributed by atoms with Gasteiger partial charge in [-0.3, -0.25) is 4.68 Å². The predicted molar refractivity (Wildman–Crippen MR) is 57.0 cm³/mol. The number of nitrogens with zero attached hydrogens (tertiary/aromatic N) is 2. The Morgan fingerprint density at radius 1 is 1.64 bits per heavy atom. The molecule has 0 aliphatic heterocycles.